The molecule has 9 heavy (non-hydrogen) atoms. The van der Waals surface area contributed by atoms with Gasteiger partial charge in [0.25, 0.3) is 0 Å². The third kappa shape index (κ3) is 2.84. The molecule has 0 aliphatic rings. The molecule has 3 heteroatoms. The average Bonchev–Trinajstić information content (AvgIpc) is 1.77. The number of halogens is 1. The molecule has 0 spiro atoms. The smallest absolute Gasteiger partial charge is 0.167 e. The lowest BCUT2D eigenvalue weighted by molar-refractivity contribution is -0.671. The highest BCUT2D eigenvalue weighted by atomic mass is 127. The summed E-state index contributed by atoms with van der Waals surface area (Å²) in [6.07, 6.45) is 4.07. The van der Waals surface area contributed by atoms with Crippen molar-refractivity contribution in [3.05, 3.63) is 24.5 Å². The van der Waals surface area contributed by atoms with Crippen LogP contribution in [0, 0.1) is 0 Å². The molecular weight excluding hydrogens is 224 g/mol. The molecular formula is C6H9BIN. The minimum atomic E-state index is 0. The summed E-state index contributed by atoms with van der Waals surface area (Å²) in [4.78, 5) is 0. The molecule has 0 aliphatic carbocycles. The molecule has 0 atom stereocenters. The predicted octanol–water partition coefficient (Wildman–Crippen LogP) is -4.23. The Morgan fingerprint density at radius 2 is 1.78 bits per heavy atom. The van der Waals surface area contributed by atoms with Crippen LogP contribution in [0.15, 0.2) is 24.5 Å². The van der Waals surface area contributed by atoms with Gasteiger partial charge in [0.15, 0.2) is 12.4 Å². The molecule has 0 aromatic carbocycles. The maximum atomic E-state index is 2.08. The summed E-state index contributed by atoms with van der Waals surface area (Å²) in [7, 11) is 4.10. The van der Waals surface area contributed by atoms with Crippen molar-refractivity contribution in [2.45, 2.75) is 0 Å². The Kier molecular flexibility index (Phi) is 3.85. The highest BCUT2D eigenvalue weighted by Crippen LogP contribution is 1.67. The van der Waals surface area contributed by atoms with Gasteiger partial charge in [-0.1, -0.05) is 5.46 Å². The topological polar surface area (TPSA) is 3.88 Å². The van der Waals surface area contributed by atoms with Gasteiger partial charge in [0, 0.05) is 0 Å². The van der Waals surface area contributed by atoms with Crippen LogP contribution in [0.2, 0.25) is 0 Å². The van der Waals surface area contributed by atoms with Gasteiger partial charge < -0.3 is 24.0 Å². The first kappa shape index (κ1) is 8.94. The molecule has 1 rings (SSSR count). The van der Waals surface area contributed by atoms with Gasteiger partial charge in [-0.05, 0) is 12.1 Å². The summed E-state index contributed by atoms with van der Waals surface area (Å²) in [6, 6.07) is 4.17. The maximum Gasteiger partial charge on any atom is 0.167 e. The van der Waals surface area contributed by atoms with Gasteiger partial charge in [-0.15, -0.1) is 0 Å². The molecule has 48 valence electrons. The zero-order valence-electron chi connectivity index (χ0n) is 5.63. The van der Waals surface area contributed by atoms with Gasteiger partial charge in [0.2, 0.25) is 0 Å². The van der Waals surface area contributed by atoms with E-state index in [1.54, 1.807) is 0 Å². The van der Waals surface area contributed by atoms with Crippen molar-refractivity contribution in [2.75, 3.05) is 0 Å². The van der Waals surface area contributed by atoms with Crippen molar-refractivity contribution >= 4 is 13.3 Å². The van der Waals surface area contributed by atoms with Crippen molar-refractivity contribution in [3.63, 3.8) is 0 Å². The number of hydrogen-bond donors (Lipinski definition) is 0. The van der Waals surface area contributed by atoms with E-state index in [2.05, 4.69) is 20.0 Å². The SMILES string of the molecule is Bc1cc[n+](C)cc1.[I-]. The molecule has 0 saturated heterocycles. The van der Waals surface area contributed by atoms with Crippen molar-refractivity contribution < 1.29 is 28.5 Å². The minimum Gasteiger partial charge on any atom is -1.00 e. The Bertz CT molecular complexity index is 152. The highest BCUT2D eigenvalue weighted by Gasteiger charge is 1.85. The largest absolute Gasteiger partial charge is 1.00 e. The maximum absolute atomic E-state index is 2.08. The van der Waals surface area contributed by atoms with Crippen molar-refractivity contribution in [2.24, 2.45) is 7.05 Å². The predicted molar refractivity (Wildman–Crippen MR) is 35.8 cm³/mol. The molecule has 1 nitrogen and oxygen atoms in total. The summed E-state index contributed by atoms with van der Waals surface area (Å²) < 4.78 is 2.02. The van der Waals surface area contributed by atoms with Gasteiger partial charge in [0.1, 0.15) is 14.9 Å². The number of hydrogen-bond acceptors (Lipinski definition) is 0. The highest BCUT2D eigenvalue weighted by molar-refractivity contribution is 6.32. The molecule has 0 saturated carbocycles. The zero-order chi connectivity index (χ0) is 5.98. The Labute approximate surface area is 73.5 Å². The van der Waals surface area contributed by atoms with E-state index in [9.17, 15) is 0 Å². The third-order valence-electron chi connectivity index (χ3n) is 1.15. The van der Waals surface area contributed by atoms with Crippen LogP contribution in [-0.2, 0) is 7.05 Å². The fourth-order valence-electron chi connectivity index (χ4n) is 0.576. The normalized spacial score (nSPS) is 8.11. The van der Waals surface area contributed by atoms with E-state index < -0.39 is 0 Å². The molecule has 0 bridgehead atoms. The lowest BCUT2D eigenvalue weighted by Crippen LogP contribution is -3.00. The second kappa shape index (κ2) is 3.87. The zero-order valence-corrected chi connectivity index (χ0v) is 7.79. The second-order valence-corrected chi connectivity index (χ2v) is 2.04. The van der Waals surface area contributed by atoms with Crippen LogP contribution >= 0.6 is 0 Å². The number of pyridine rings is 1. The van der Waals surface area contributed by atoms with Crippen LogP contribution in [-0.4, -0.2) is 7.85 Å². The van der Waals surface area contributed by atoms with Gasteiger partial charge in [-0.2, -0.15) is 0 Å². The molecule has 1 aromatic heterocycles. The third-order valence-corrected chi connectivity index (χ3v) is 1.15. The van der Waals surface area contributed by atoms with E-state index in [0.717, 1.165) is 0 Å². The monoisotopic (exact) mass is 233 g/mol. The van der Waals surface area contributed by atoms with Crippen molar-refractivity contribution in [1.82, 2.24) is 0 Å². The van der Waals surface area contributed by atoms with Gasteiger partial charge >= 0.3 is 0 Å². The van der Waals surface area contributed by atoms with Gasteiger partial charge in [-0.3, -0.25) is 0 Å². The summed E-state index contributed by atoms with van der Waals surface area (Å²) in [5.41, 5.74) is 1.31. The number of rotatable bonds is 0. The Balaban J connectivity index is 0.000000640. The van der Waals surface area contributed by atoms with Crippen LogP contribution < -0.4 is 34.0 Å². The van der Waals surface area contributed by atoms with E-state index in [-0.39, 0.29) is 24.0 Å². The lowest BCUT2D eigenvalue weighted by atomic mass is 9.98. The van der Waals surface area contributed by atoms with E-state index in [1.165, 1.54) is 5.46 Å². The van der Waals surface area contributed by atoms with Crippen LogP contribution in [0.5, 0.6) is 0 Å². The first-order chi connectivity index (χ1) is 3.79. The van der Waals surface area contributed by atoms with E-state index >= 15 is 0 Å². The molecule has 0 radical (unpaired) electrons. The molecule has 0 unspecified atom stereocenters. The standard InChI is InChI=1S/C6H9BN.HI/c1-8-4-2-6(7)3-5-8;/h2-5H,7H2,1H3;1H/q+1;/p-1. The van der Waals surface area contributed by atoms with Crippen LogP contribution in [0.1, 0.15) is 0 Å². The molecule has 0 N–H and O–H groups in total. The van der Waals surface area contributed by atoms with E-state index in [0.29, 0.717) is 0 Å². The van der Waals surface area contributed by atoms with E-state index in [4.69, 9.17) is 0 Å². The molecule has 0 aliphatic heterocycles. The van der Waals surface area contributed by atoms with E-state index in [1.807, 2.05) is 24.0 Å². The number of aryl methyl sites for hydroxylation is 1. The van der Waals surface area contributed by atoms with Crippen molar-refractivity contribution in [3.8, 4) is 0 Å². The van der Waals surface area contributed by atoms with Crippen molar-refractivity contribution in [1.29, 1.82) is 0 Å². The second-order valence-electron chi connectivity index (χ2n) is 2.04. The quantitative estimate of drug-likeness (QED) is 0.243. The van der Waals surface area contributed by atoms with Gasteiger partial charge in [0.05, 0.1) is 0 Å². The van der Waals surface area contributed by atoms with Crippen LogP contribution in [0.3, 0.4) is 0 Å². The van der Waals surface area contributed by atoms with Gasteiger partial charge in [-0.25, -0.2) is 4.57 Å². The first-order valence-corrected chi connectivity index (χ1v) is 2.71. The number of nitrogens with zero attached hydrogens (tertiary/aromatic N) is 1. The molecule has 1 heterocycles. The fourth-order valence-corrected chi connectivity index (χ4v) is 0.576. The number of aromatic nitrogens is 1. The summed E-state index contributed by atoms with van der Waals surface area (Å²) >= 11 is 0. The fraction of sp³-hybridized carbons (Fsp3) is 0.167. The first-order valence-electron chi connectivity index (χ1n) is 2.71. The van der Waals surface area contributed by atoms with Crippen LogP contribution in [0.4, 0.5) is 0 Å². The summed E-state index contributed by atoms with van der Waals surface area (Å²) in [5.74, 6) is 0. The van der Waals surface area contributed by atoms with Crippen LogP contribution in [0.25, 0.3) is 0 Å². The minimum absolute atomic E-state index is 0. The Hall–Kier alpha value is -0.0551. The average molecular weight is 233 g/mol. The molecule has 1 aromatic rings. The Morgan fingerprint density at radius 1 is 1.33 bits per heavy atom. The lowest BCUT2D eigenvalue weighted by Gasteiger charge is -1.85. The Morgan fingerprint density at radius 3 is 2.11 bits per heavy atom. The molecule has 0 amide bonds. The summed E-state index contributed by atoms with van der Waals surface area (Å²) in [6.45, 7) is 0. The molecule has 0 fully saturated rings. The summed E-state index contributed by atoms with van der Waals surface area (Å²) in [5, 5.41) is 0.